The Kier molecular flexibility index (Phi) is 17.2. The first kappa shape index (κ1) is 49.6. The van der Waals surface area contributed by atoms with Gasteiger partial charge in [0, 0.05) is 12.8 Å². The molecule has 3 aromatic carbocycles. The second-order valence-corrected chi connectivity index (χ2v) is 14.4. The van der Waals surface area contributed by atoms with Crippen molar-refractivity contribution < 1.29 is 34.3 Å². The highest BCUT2D eigenvalue weighted by molar-refractivity contribution is 6.28. The van der Waals surface area contributed by atoms with Crippen LogP contribution in [0.2, 0.25) is 0 Å². The van der Waals surface area contributed by atoms with Gasteiger partial charge in [0.25, 0.3) is 11.1 Å². The van der Waals surface area contributed by atoms with Gasteiger partial charge in [0.1, 0.15) is 22.5 Å². The van der Waals surface area contributed by atoms with E-state index >= 15 is 0 Å². The zero-order valence-corrected chi connectivity index (χ0v) is 33.5. The number of benzene rings is 3. The number of hydrogen-bond acceptors (Lipinski definition) is 15. The van der Waals surface area contributed by atoms with E-state index in [0.29, 0.717) is 12.1 Å². The number of nitrogens with zero attached hydrogens (tertiary/aromatic N) is 8. The fourth-order valence-corrected chi connectivity index (χ4v) is 7.39. The molecule has 338 valence electrons. The molecule has 0 bridgehead atoms. The zero-order chi connectivity index (χ0) is 42.4. The average Bonchev–Trinajstić information content (AvgIpc) is 4.09. The Hall–Kier alpha value is -6.09. The van der Waals surface area contributed by atoms with Gasteiger partial charge in [0.15, 0.2) is 34.8 Å². The first-order valence-corrected chi connectivity index (χ1v) is 19.4. The van der Waals surface area contributed by atoms with Gasteiger partial charge in [-0.15, -0.1) is 21.8 Å². The van der Waals surface area contributed by atoms with Crippen LogP contribution >= 0.6 is 11.6 Å². The lowest BCUT2D eigenvalue weighted by atomic mass is 9.84. The van der Waals surface area contributed by atoms with E-state index in [0.717, 1.165) is 34.6 Å². The SMILES string of the molecule is C.C.C.CC[C@H]1O[C@@H](n2nnc3c(=O)[nH]cnc32)C[C@@H]1O.COc1ccc(C(Cl)(c2ccccc2)c2ccc(OC)cc2)cc1.O=c1[nH]cnc2c1nnn2[C@H]1C[C@H](O)[C@@H](CO)O1. The monoisotopic (exact) mass is 890 g/mol. The van der Waals surface area contributed by atoms with E-state index in [-0.39, 0.29) is 69.2 Å². The van der Waals surface area contributed by atoms with Gasteiger partial charge in [-0.05, 0) is 47.4 Å². The number of methoxy groups -OCH3 is 2. The normalized spacial score (nSPS) is 20.2. The summed E-state index contributed by atoms with van der Waals surface area (Å²) >= 11 is 7.22. The Balaban J connectivity index is 0.000000205. The van der Waals surface area contributed by atoms with Crippen molar-refractivity contribution in [2.45, 2.75) is 90.2 Å². The Bertz CT molecular complexity index is 2450. The molecule has 9 rings (SSSR count). The van der Waals surface area contributed by atoms with E-state index in [4.69, 9.17) is 35.7 Å². The standard InChI is InChI=1S/C21H19ClO2.C10H13N5O3.C9H11N5O4.3CH4/c1-23-19-12-8-17(9-13-19)21(22,16-6-4-3-5-7-16)18-10-14-20(24-2)15-11-18;1-2-6-5(16)3-7(18-6)15-9-8(13-14-15)10(17)12-4-11-9;15-2-5-4(16)1-6(18-5)14-8-7(12-13-14)9(17)11-3-10-8;;;/h3-15H,1-2H3;4-7,16H,2-3H2,1H3,(H,11,12,17);3-6,15-16H,1-2H2,(H,10,11,17);3*1H4/t;5-,6+,7+;4-,5+,6+;;;/m.00.../s1. The van der Waals surface area contributed by atoms with Gasteiger partial charge in [-0.1, -0.05) is 94.2 Å². The van der Waals surface area contributed by atoms with Gasteiger partial charge in [-0.3, -0.25) is 9.59 Å². The first-order valence-electron chi connectivity index (χ1n) is 19.0. The number of aromatic nitrogens is 10. The number of ether oxygens (including phenoxy) is 4. The molecular formula is C43H55ClN10O9. The third-order valence-electron chi connectivity index (χ3n) is 10.2. The van der Waals surface area contributed by atoms with Crippen LogP contribution in [0.5, 0.6) is 11.5 Å². The van der Waals surface area contributed by atoms with Crippen LogP contribution < -0.4 is 20.6 Å². The van der Waals surface area contributed by atoms with E-state index < -0.39 is 35.6 Å². The molecule has 0 spiro atoms. The van der Waals surface area contributed by atoms with Gasteiger partial charge in [0.2, 0.25) is 0 Å². The second-order valence-electron chi connectivity index (χ2n) is 13.8. The fraction of sp³-hybridized carbons (Fsp3) is 0.395. The third-order valence-corrected chi connectivity index (χ3v) is 10.9. The van der Waals surface area contributed by atoms with E-state index in [1.165, 1.54) is 22.0 Å². The van der Waals surface area contributed by atoms with Gasteiger partial charge >= 0.3 is 0 Å². The molecule has 63 heavy (non-hydrogen) atoms. The second kappa shape index (κ2) is 21.8. The highest BCUT2D eigenvalue weighted by Crippen LogP contribution is 2.44. The summed E-state index contributed by atoms with van der Waals surface area (Å²) in [6.07, 6.45) is 0.768. The van der Waals surface area contributed by atoms with Gasteiger partial charge in [-0.25, -0.2) is 9.97 Å². The van der Waals surface area contributed by atoms with E-state index in [1.807, 2.05) is 85.8 Å². The maximum atomic E-state index is 11.5. The predicted octanol–water partition coefficient (Wildman–Crippen LogP) is 4.87. The Morgan fingerprint density at radius 2 is 1.11 bits per heavy atom. The molecule has 0 aliphatic carbocycles. The maximum Gasteiger partial charge on any atom is 0.280 e. The molecule has 2 fully saturated rings. The van der Waals surface area contributed by atoms with Crippen LogP contribution in [0.25, 0.3) is 22.3 Å². The Labute approximate surface area is 368 Å². The molecule has 20 heteroatoms. The molecule has 0 unspecified atom stereocenters. The lowest BCUT2D eigenvalue weighted by Crippen LogP contribution is -2.24. The Morgan fingerprint density at radius 1 is 0.698 bits per heavy atom. The number of rotatable bonds is 9. The highest BCUT2D eigenvalue weighted by Gasteiger charge is 2.37. The van der Waals surface area contributed by atoms with E-state index in [9.17, 15) is 19.8 Å². The summed E-state index contributed by atoms with van der Waals surface area (Å²) in [7, 11) is 3.31. The first-order chi connectivity index (χ1) is 29.1. The molecule has 7 aromatic rings. The number of fused-ring (bicyclic) bond motifs is 2. The van der Waals surface area contributed by atoms with Crippen LogP contribution in [-0.4, -0.2) is 110 Å². The van der Waals surface area contributed by atoms with Gasteiger partial charge < -0.3 is 44.2 Å². The van der Waals surface area contributed by atoms with Crippen LogP contribution in [0.15, 0.2) is 101 Å². The van der Waals surface area contributed by atoms with E-state index in [1.54, 1.807) is 14.2 Å². The van der Waals surface area contributed by atoms with Gasteiger partial charge in [0.05, 0.1) is 51.8 Å². The molecule has 0 amide bonds. The molecule has 2 aliphatic heterocycles. The number of hydrogen-bond donors (Lipinski definition) is 5. The minimum absolute atomic E-state index is 0. The van der Waals surface area contributed by atoms with E-state index in [2.05, 4.69) is 40.6 Å². The van der Waals surface area contributed by atoms with Gasteiger partial charge in [-0.2, -0.15) is 9.36 Å². The summed E-state index contributed by atoms with van der Waals surface area (Å²) in [6, 6.07) is 25.8. The van der Waals surface area contributed by atoms with Crippen molar-refractivity contribution in [1.82, 2.24) is 49.9 Å². The fourth-order valence-electron chi connectivity index (χ4n) is 7.01. The Morgan fingerprint density at radius 3 is 1.49 bits per heavy atom. The lowest BCUT2D eigenvalue weighted by molar-refractivity contribution is -0.0476. The zero-order valence-electron chi connectivity index (χ0n) is 32.7. The number of alkyl halides is 1. The van der Waals surface area contributed by atoms with Crippen molar-refractivity contribution in [1.29, 1.82) is 0 Å². The molecule has 0 saturated carbocycles. The molecule has 2 aliphatic rings. The van der Waals surface area contributed by atoms with Crippen molar-refractivity contribution in [3.05, 3.63) is 129 Å². The molecule has 5 N–H and O–H groups in total. The summed E-state index contributed by atoms with van der Waals surface area (Å²) in [5.41, 5.74) is 3.21. The number of H-pyrrole nitrogens is 2. The van der Waals surface area contributed by atoms with Crippen LogP contribution in [0.1, 0.15) is 77.6 Å². The number of aliphatic hydroxyl groups is 3. The topological polar surface area (TPSA) is 251 Å². The van der Waals surface area contributed by atoms with Crippen LogP contribution in [0.3, 0.4) is 0 Å². The summed E-state index contributed by atoms with van der Waals surface area (Å²) in [4.78, 5) is 35.0. The lowest BCUT2D eigenvalue weighted by Gasteiger charge is -2.29. The summed E-state index contributed by atoms with van der Waals surface area (Å²) < 4.78 is 24.4. The molecule has 6 heterocycles. The van der Waals surface area contributed by atoms with Crippen molar-refractivity contribution in [3.63, 3.8) is 0 Å². The summed E-state index contributed by atoms with van der Waals surface area (Å²) in [6.45, 7) is 1.66. The maximum absolute atomic E-state index is 11.5. The largest absolute Gasteiger partial charge is 0.497 e. The molecule has 4 aromatic heterocycles. The number of nitrogens with one attached hydrogen (secondary N) is 2. The third kappa shape index (κ3) is 10.2. The summed E-state index contributed by atoms with van der Waals surface area (Å²) in [5.74, 6) is 1.61. The average molecular weight is 891 g/mol. The number of halogens is 1. The molecular weight excluding hydrogens is 836 g/mol. The summed E-state index contributed by atoms with van der Waals surface area (Å²) in [5, 5.41) is 43.7. The van der Waals surface area contributed by atoms with Crippen LogP contribution in [0.4, 0.5) is 0 Å². The molecule has 0 radical (unpaired) electrons. The quantitative estimate of drug-likeness (QED) is 0.0958. The highest BCUT2D eigenvalue weighted by atomic mass is 35.5. The number of aliphatic hydroxyl groups excluding tert-OH is 3. The van der Waals surface area contributed by atoms with Crippen molar-refractivity contribution in [3.8, 4) is 11.5 Å². The minimum Gasteiger partial charge on any atom is -0.497 e. The van der Waals surface area contributed by atoms with Crippen molar-refractivity contribution in [2.24, 2.45) is 0 Å². The van der Waals surface area contributed by atoms with Crippen molar-refractivity contribution in [2.75, 3.05) is 20.8 Å². The predicted molar refractivity (Wildman–Crippen MR) is 237 cm³/mol. The number of aromatic amines is 2. The van der Waals surface area contributed by atoms with Crippen LogP contribution in [0, 0.1) is 0 Å². The molecule has 19 nitrogen and oxygen atoms in total. The van der Waals surface area contributed by atoms with Crippen molar-refractivity contribution >= 4 is 33.9 Å². The smallest absolute Gasteiger partial charge is 0.280 e. The molecule has 6 atom stereocenters. The van der Waals surface area contributed by atoms with Crippen LogP contribution in [-0.2, 0) is 14.3 Å². The minimum atomic E-state index is -0.778. The molecule has 2 saturated heterocycles.